The Morgan fingerprint density at radius 2 is 0.768 bits per heavy atom. The van der Waals surface area contributed by atoms with Crippen LogP contribution in [0.1, 0.15) is 55.4 Å². The van der Waals surface area contributed by atoms with E-state index in [0.717, 1.165) is 26.8 Å². The predicted octanol–water partition coefficient (Wildman–Crippen LogP) is 11.1. The summed E-state index contributed by atoms with van der Waals surface area (Å²) in [5.74, 6) is -3.92. The topological polar surface area (TPSA) is 35.5 Å². The number of hydrogen-bond acceptors (Lipinski definition) is 3. The van der Waals surface area contributed by atoms with Crippen LogP contribution in [0, 0.1) is 11.8 Å². The fourth-order valence-electron chi connectivity index (χ4n) is 7.17. The first-order chi connectivity index (χ1) is 25.9. The first kappa shape index (κ1) is 47.6. The molecule has 3 nitrogen and oxygen atoms in total. The first-order valence-electron chi connectivity index (χ1n) is 18.1. The summed E-state index contributed by atoms with van der Waals surface area (Å²) in [6.45, 7) is 14.9. The van der Waals surface area contributed by atoms with Crippen LogP contribution >= 0.6 is 31.9 Å². The van der Waals surface area contributed by atoms with Crippen molar-refractivity contribution in [3.63, 3.8) is 0 Å². The van der Waals surface area contributed by atoms with Crippen LogP contribution in [-0.2, 0) is 13.6 Å². The van der Waals surface area contributed by atoms with E-state index in [1.54, 1.807) is 0 Å². The molecule has 4 atom stereocenters. The van der Waals surface area contributed by atoms with Crippen LogP contribution in [-0.4, -0.2) is 47.5 Å². The average Bonchev–Trinajstić information content (AvgIpc) is 3.11. The zero-order chi connectivity index (χ0) is 42.2. The number of halogens is 8. The van der Waals surface area contributed by atoms with Gasteiger partial charge in [0.2, 0.25) is 0 Å². The van der Waals surface area contributed by atoms with Crippen LogP contribution in [0.15, 0.2) is 131 Å². The van der Waals surface area contributed by atoms with E-state index in [0.29, 0.717) is 0 Å². The molecule has 0 radical (unpaired) electrons. The van der Waals surface area contributed by atoms with E-state index in [4.69, 9.17) is 8.85 Å². The Kier molecular flexibility index (Phi) is 16.4. The van der Waals surface area contributed by atoms with E-state index in [1.165, 1.54) is 13.8 Å². The predicted molar refractivity (Wildman–Crippen MR) is 227 cm³/mol. The molecule has 4 rings (SSSR count). The second-order valence-corrected chi connectivity index (χ2v) is 27.0. The van der Waals surface area contributed by atoms with Crippen molar-refractivity contribution in [1.82, 2.24) is 0 Å². The van der Waals surface area contributed by atoms with Gasteiger partial charge >= 0.3 is 12.4 Å². The van der Waals surface area contributed by atoms with E-state index in [2.05, 4.69) is 31.9 Å². The third kappa shape index (κ3) is 11.2. The molecule has 0 saturated carbocycles. The minimum Gasteiger partial charge on any atom is -0.404 e. The molecule has 304 valence electrons. The van der Waals surface area contributed by atoms with Gasteiger partial charge in [-0.05, 0) is 82.6 Å². The Hall–Kier alpha value is -2.82. The van der Waals surface area contributed by atoms with Gasteiger partial charge < -0.3 is 13.6 Å². The molecule has 0 saturated heterocycles. The van der Waals surface area contributed by atoms with Crippen molar-refractivity contribution in [2.75, 3.05) is 0 Å². The van der Waals surface area contributed by atoms with Gasteiger partial charge in [-0.15, -0.1) is 0 Å². The molecule has 0 spiro atoms. The number of hydrogen-bond donors (Lipinski definition) is 0. The number of carbonyl (C=O) groups is 1. The van der Waals surface area contributed by atoms with E-state index < -0.39 is 63.1 Å². The van der Waals surface area contributed by atoms with Gasteiger partial charge in [0.05, 0.1) is 21.5 Å². The fourth-order valence-corrected chi connectivity index (χ4v) is 17.2. The summed E-state index contributed by atoms with van der Waals surface area (Å²) in [7, 11) is -6.19. The van der Waals surface area contributed by atoms with Crippen molar-refractivity contribution in [1.29, 1.82) is 0 Å². The summed E-state index contributed by atoms with van der Waals surface area (Å²) in [6, 6.07) is 38.1. The van der Waals surface area contributed by atoms with Gasteiger partial charge in [0.15, 0.2) is 0 Å². The highest BCUT2D eigenvalue weighted by atomic mass is 79.9. The number of alkyl halides is 6. The van der Waals surface area contributed by atoms with Crippen LogP contribution in [0.3, 0.4) is 0 Å². The second-order valence-electron chi connectivity index (χ2n) is 15.7. The second kappa shape index (κ2) is 19.3. The van der Waals surface area contributed by atoms with Crippen molar-refractivity contribution < 1.29 is 40.0 Å². The van der Waals surface area contributed by atoms with Crippen molar-refractivity contribution in [2.45, 2.75) is 90.0 Å². The van der Waals surface area contributed by atoms with Gasteiger partial charge in [0, 0.05) is 0 Å². The Morgan fingerprint density at radius 3 is 0.964 bits per heavy atom. The minimum atomic E-state index is -4.65. The van der Waals surface area contributed by atoms with Gasteiger partial charge in [-0.2, -0.15) is 26.3 Å². The highest BCUT2D eigenvalue weighted by Gasteiger charge is 2.55. The van der Waals surface area contributed by atoms with Crippen LogP contribution in [0.25, 0.3) is 0 Å². The molecule has 0 fully saturated rings. The Bertz CT molecular complexity index is 1750. The molecule has 0 aliphatic heterocycles. The quantitative estimate of drug-likeness (QED) is 0.0807. The van der Waals surface area contributed by atoms with Crippen LogP contribution in [0.4, 0.5) is 26.3 Å². The van der Waals surface area contributed by atoms with E-state index in [9.17, 15) is 31.1 Å². The van der Waals surface area contributed by atoms with E-state index >= 15 is 0 Å². The third-order valence-corrected chi connectivity index (χ3v) is 20.6. The molecular formula is C43H50Br2F6O3Si2. The summed E-state index contributed by atoms with van der Waals surface area (Å²) in [5, 5.41) is 2.81. The Morgan fingerprint density at radius 1 is 0.518 bits per heavy atom. The molecule has 0 N–H and O–H groups in total. The van der Waals surface area contributed by atoms with Gasteiger partial charge in [-0.3, -0.25) is 0 Å². The van der Waals surface area contributed by atoms with E-state index in [1.807, 2.05) is 163 Å². The highest BCUT2D eigenvalue weighted by molar-refractivity contribution is 9.28. The van der Waals surface area contributed by atoms with Gasteiger partial charge in [-0.25, -0.2) is 0 Å². The molecule has 0 aromatic heterocycles. The van der Waals surface area contributed by atoms with Crippen molar-refractivity contribution in [3.05, 3.63) is 131 Å². The molecule has 4 aromatic carbocycles. The van der Waals surface area contributed by atoms with E-state index in [-0.39, 0.29) is 9.68 Å². The number of carbonyl (C=O) groups excluding carboxylic acids is 1. The maximum atomic E-state index is 13.9. The molecular weight excluding hydrogens is 894 g/mol. The van der Waals surface area contributed by atoms with Crippen molar-refractivity contribution >= 4 is 75.5 Å². The van der Waals surface area contributed by atoms with Crippen LogP contribution in [0.2, 0.25) is 10.1 Å². The molecule has 0 heterocycles. The highest BCUT2D eigenvalue weighted by Crippen LogP contribution is 2.42. The monoisotopic (exact) mass is 942 g/mol. The van der Waals surface area contributed by atoms with Crippen LogP contribution < -0.4 is 20.7 Å². The third-order valence-electron chi connectivity index (χ3n) is 9.78. The lowest BCUT2D eigenvalue weighted by atomic mass is 10.0. The van der Waals surface area contributed by atoms with Crippen molar-refractivity contribution in [2.24, 2.45) is 11.8 Å². The SMILES string of the molecule is CC(O[Si](c1ccccc1)(c1ccccc1)C(C)(C)C)C(C=C(Br)Br)C(F)(F)F.CC(O[Si](c1ccccc1)(c1ccccc1)C(C)(C)C)C(C=O)C(F)(F)F. The summed E-state index contributed by atoms with van der Waals surface area (Å²) in [6.07, 6.45) is -10.4. The lowest BCUT2D eigenvalue weighted by molar-refractivity contribution is -0.190. The molecule has 0 aliphatic rings. The standard InChI is InChI=1S/C22H25Br2F3OSi.C21H25F3O2Si/c1-16(19(15-20(23)24)22(25,26)27)28-29(21(2,3)4,17-11-7-5-8-12-17)18-13-9-6-10-14-18;1-16(19(15-25)21(22,23)24)26-27(20(2,3)4,17-11-7-5-8-12-17)18-13-9-6-10-14-18/h5-16,19H,1-4H3;5-16,19H,1-4H3. The smallest absolute Gasteiger partial charge is 0.400 e. The molecule has 0 aliphatic carbocycles. The molecule has 4 unspecified atom stereocenters. The largest absolute Gasteiger partial charge is 0.404 e. The average molecular weight is 945 g/mol. The maximum absolute atomic E-state index is 13.9. The van der Waals surface area contributed by atoms with Gasteiger partial charge in [0.1, 0.15) is 12.2 Å². The number of benzene rings is 4. The zero-order valence-electron chi connectivity index (χ0n) is 32.8. The molecule has 0 amide bonds. The van der Waals surface area contributed by atoms with Gasteiger partial charge in [-0.1, -0.05) is 163 Å². The van der Waals surface area contributed by atoms with Gasteiger partial charge in [0.25, 0.3) is 16.6 Å². The maximum Gasteiger partial charge on any atom is 0.400 e. The normalized spacial score (nSPS) is 15.1. The lowest BCUT2D eigenvalue weighted by Crippen LogP contribution is -2.68. The fraction of sp³-hybridized carbons (Fsp3) is 0.372. The van der Waals surface area contributed by atoms with Crippen molar-refractivity contribution in [3.8, 4) is 0 Å². The molecule has 13 heteroatoms. The summed E-state index contributed by atoms with van der Waals surface area (Å²) < 4.78 is 94.8. The summed E-state index contributed by atoms with van der Waals surface area (Å²) >= 11 is 6.16. The first-order valence-corrected chi connectivity index (χ1v) is 23.5. The summed E-state index contributed by atoms with van der Waals surface area (Å²) in [5.41, 5.74) is 0. The minimum absolute atomic E-state index is 0.0531. The van der Waals surface area contributed by atoms with Crippen LogP contribution in [0.5, 0.6) is 0 Å². The zero-order valence-corrected chi connectivity index (χ0v) is 37.9. The molecule has 56 heavy (non-hydrogen) atoms. The molecule has 4 aromatic rings. The number of aldehydes is 1. The summed E-state index contributed by atoms with van der Waals surface area (Å²) in [4.78, 5) is 11.2. The molecule has 0 bridgehead atoms. The lowest BCUT2D eigenvalue weighted by Gasteiger charge is -2.45. The Labute approximate surface area is 346 Å². The Balaban J connectivity index is 0.000000301. The number of rotatable bonds is 12.